The maximum Gasteiger partial charge on any atom is 0.278 e. The third kappa shape index (κ3) is 4.37. The standard InChI is InChI=1S/C16H14ClN3O4/c1-24-15(11-5-3-2-4-6-11)16(21)19-18-10-12-9-13(17)7-8-14(12)20(22)23/h2-10,15H,1H3,(H,19,21)/b18-10-/t15-/m0/s1. The molecule has 2 aromatic carbocycles. The van der Waals surface area contributed by atoms with Crippen LogP contribution in [0.3, 0.4) is 0 Å². The average molecular weight is 348 g/mol. The molecule has 0 heterocycles. The fourth-order valence-corrected chi connectivity index (χ4v) is 2.22. The largest absolute Gasteiger partial charge is 0.367 e. The van der Waals surface area contributed by atoms with Crippen LogP contribution in [0, 0.1) is 10.1 Å². The molecule has 1 N–H and O–H groups in total. The normalized spacial score (nSPS) is 12.1. The molecule has 0 fully saturated rings. The van der Waals surface area contributed by atoms with Crippen molar-refractivity contribution < 1.29 is 14.5 Å². The monoisotopic (exact) mass is 347 g/mol. The van der Waals surface area contributed by atoms with Crippen LogP contribution in [0.1, 0.15) is 17.2 Å². The zero-order valence-corrected chi connectivity index (χ0v) is 13.4. The lowest BCUT2D eigenvalue weighted by atomic mass is 10.1. The van der Waals surface area contributed by atoms with Gasteiger partial charge in [-0.15, -0.1) is 0 Å². The Labute approximate surface area is 143 Å². The van der Waals surface area contributed by atoms with E-state index in [9.17, 15) is 14.9 Å². The Kier molecular flexibility index (Phi) is 6.00. The number of nitro groups is 1. The Morgan fingerprint density at radius 2 is 2.04 bits per heavy atom. The molecule has 0 saturated heterocycles. The van der Waals surface area contributed by atoms with Crippen LogP contribution in [0.4, 0.5) is 5.69 Å². The SMILES string of the molecule is CO[C@H](C(=O)N/N=C\c1cc(Cl)ccc1[N+](=O)[O-])c1ccccc1. The number of methoxy groups -OCH3 is 1. The minimum absolute atomic E-state index is 0.163. The maximum atomic E-state index is 12.1. The van der Waals surface area contributed by atoms with E-state index in [4.69, 9.17) is 16.3 Å². The van der Waals surface area contributed by atoms with Gasteiger partial charge in [0.15, 0.2) is 6.10 Å². The number of nitrogens with zero attached hydrogens (tertiary/aromatic N) is 2. The van der Waals surface area contributed by atoms with Crippen LogP contribution in [0.25, 0.3) is 0 Å². The quantitative estimate of drug-likeness (QED) is 0.493. The molecule has 0 radical (unpaired) electrons. The van der Waals surface area contributed by atoms with Crippen LogP contribution in [0.15, 0.2) is 53.6 Å². The second-order valence-corrected chi connectivity index (χ2v) is 5.16. The fraction of sp³-hybridized carbons (Fsp3) is 0.125. The summed E-state index contributed by atoms with van der Waals surface area (Å²) in [5, 5.41) is 15.0. The van der Waals surface area contributed by atoms with Crippen LogP contribution in [0.2, 0.25) is 5.02 Å². The number of benzene rings is 2. The van der Waals surface area contributed by atoms with E-state index in [1.54, 1.807) is 24.3 Å². The van der Waals surface area contributed by atoms with E-state index in [0.29, 0.717) is 10.6 Å². The summed E-state index contributed by atoms with van der Waals surface area (Å²) < 4.78 is 5.17. The van der Waals surface area contributed by atoms with Crippen molar-refractivity contribution in [2.75, 3.05) is 7.11 Å². The zero-order valence-electron chi connectivity index (χ0n) is 12.7. The summed E-state index contributed by atoms with van der Waals surface area (Å²) in [6.45, 7) is 0. The van der Waals surface area contributed by atoms with Gasteiger partial charge in [-0.1, -0.05) is 41.9 Å². The summed E-state index contributed by atoms with van der Waals surface area (Å²) in [7, 11) is 1.41. The van der Waals surface area contributed by atoms with E-state index in [1.165, 1.54) is 31.5 Å². The second-order valence-electron chi connectivity index (χ2n) is 4.72. The first-order valence-electron chi connectivity index (χ1n) is 6.87. The number of nitro benzene ring substituents is 1. The molecule has 8 heteroatoms. The molecule has 24 heavy (non-hydrogen) atoms. The van der Waals surface area contributed by atoms with Gasteiger partial charge >= 0.3 is 0 Å². The summed E-state index contributed by atoms with van der Waals surface area (Å²) in [6, 6.07) is 13.0. The van der Waals surface area contributed by atoms with Crippen molar-refractivity contribution in [1.82, 2.24) is 5.43 Å². The van der Waals surface area contributed by atoms with E-state index in [2.05, 4.69) is 10.5 Å². The summed E-state index contributed by atoms with van der Waals surface area (Å²) in [6.07, 6.45) is 0.331. The Morgan fingerprint density at radius 3 is 2.67 bits per heavy atom. The summed E-state index contributed by atoms with van der Waals surface area (Å²) in [5.74, 6) is -0.496. The van der Waals surface area contributed by atoms with Gasteiger partial charge in [0.1, 0.15) is 0 Å². The number of amides is 1. The molecular formula is C16H14ClN3O4. The lowest BCUT2D eigenvalue weighted by Gasteiger charge is -2.13. The topological polar surface area (TPSA) is 93.8 Å². The molecule has 0 saturated carbocycles. The minimum atomic E-state index is -0.835. The first-order chi connectivity index (χ1) is 11.5. The highest BCUT2D eigenvalue weighted by molar-refractivity contribution is 6.31. The number of ether oxygens (including phenoxy) is 1. The van der Waals surface area contributed by atoms with Gasteiger partial charge in [-0.2, -0.15) is 5.10 Å². The van der Waals surface area contributed by atoms with Gasteiger partial charge in [0.05, 0.1) is 16.7 Å². The Bertz CT molecular complexity index is 765. The van der Waals surface area contributed by atoms with Crippen molar-refractivity contribution in [3.63, 3.8) is 0 Å². The number of halogens is 1. The Hall–Kier alpha value is -2.77. The smallest absolute Gasteiger partial charge is 0.278 e. The van der Waals surface area contributed by atoms with Crippen molar-refractivity contribution in [2.45, 2.75) is 6.10 Å². The molecular weight excluding hydrogens is 334 g/mol. The predicted octanol–water partition coefficient (Wildman–Crippen LogP) is 3.09. The summed E-state index contributed by atoms with van der Waals surface area (Å²) >= 11 is 5.82. The average Bonchev–Trinajstić information content (AvgIpc) is 2.56. The number of carbonyl (C=O) groups excluding carboxylic acids is 1. The third-order valence-electron chi connectivity index (χ3n) is 3.14. The minimum Gasteiger partial charge on any atom is -0.367 e. The molecule has 1 atom stereocenters. The summed E-state index contributed by atoms with van der Waals surface area (Å²) in [4.78, 5) is 22.5. The third-order valence-corrected chi connectivity index (χ3v) is 3.38. The van der Waals surface area contributed by atoms with Crippen molar-refractivity contribution >= 4 is 29.4 Å². The fourth-order valence-electron chi connectivity index (χ4n) is 2.04. The number of carbonyl (C=O) groups is 1. The van der Waals surface area contributed by atoms with Gasteiger partial charge in [-0.3, -0.25) is 14.9 Å². The number of hydrogen-bond acceptors (Lipinski definition) is 5. The molecule has 1 amide bonds. The second kappa shape index (κ2) is 8.19. The lowest BCUT2D eigenvalue weighted by molar-refractivity contribution is -0.385. The predicted molar refractivity (Wildman–Crippen MR) is 90.0 cm³/mol. The van der Waals surface area contributed by atoms with E-state index in [-0.39, 0.29) is 11.3 Å². The highest BCUT2D eigenvalue weighted by atomic mass is 35.5. The number of hydrazone groups is 1. The molecule has 0 unspecified atom stereocenters. The lowest BCUT2D eigenvalue weighted by Crippen LogP contribution is -2.26. The van der Waals surface area contributed by atoms with Crippen LogP contribution in [0.5, 0.6) is 0 Å². The van der Waals surface area contributed by atoms with E-state index >= 15 is 0 Å². The molecule has 124 valence electrons. The Balaban J connectivity index is 2.12. The highest BCUT2D eigenvalue weighted by Crippen LogP contribution is 2.21. The molecule has 2 aromatic rings. The van der Waals surface area contributed by atoms with Crippen LogP contribution < -0.4 is 5.43 Å². The number of hydrogen-bond donors (Lipinski definition) is 1. The van der Waals surface area contributed by atoms with Crippen molar-refractivity contribution in [3.8, 4) is 0 Å². The molecule has 7 nitrogen and oxygen atoms in total. The highest BCUT2D eigenvalue weighted by Gasteiger charge is 2.19. The molecule has 0 aliphatic carbocycles. The van der Waals surface area contributed by atoms with E-state index in [1.807, 2.05) is 6.07 Å². The van der Waals surface area contributed by atoms with Gasteiger partial charge in [-0.25, -0.2) is 5.43 Å². The number of rotatable bonds is 6. The van der Waals surface area contributed by atoms with Crippen LogP contribution in [-0.2, 0) is 9.53 Å². The van der Waals surface area contributed by atoms with Crippen LogP contribution >= 0.6 is 11.6 Å². The molecule has 2 rings (SSSR count). The van der Waals surface area contributed by atoms with Crippen LogP contribution in [-0.4, -0.2) is 24.2 Å². The first-order valence-corrected chi connectivity index (χ1v) is 7.25. The number of nitrogens with one attached hydrogen (secondary N) is 1. The van der Waals surface area contributed by atoms with Crippen molar-refractivity contribution in [2.24, 2.45) is 5.10 Å². The van der Waals surface area contributed by atoms with Gasteiger partial charge in [0, 0.05) is 18.2 Å². The van der Waals surface area contributed by atoms with E-state index in [0.717, 1.165) is 0 Å². The molecule has 0 bridgehead atoms. The molecule has 0 spiro atoms. The molecule has 0 aliphatic heterocycles. The van der Waals surface area contributed by atoms with E-state index < -0.39 is 16.9 Å². The Morgan fingerprint density at radius 1 is 1.33 bits per heavy atom. The maximum absolute atomic E-state index is 12.1. The van der Waals surface area contributed by atoms with Gasteiger partial charge in [0.25, 0.3) is 11.6 Å². The first kappa shape index (κ1) is 17.6. The van der Waals surface area contributed by atoms with Crippen molar-refractivity contribution in [3.05, 3.63) is 74.8 Å². The molecule has 0 aromatic heterocycles. The molecule has 0 aliphatic rings. The van der Waals surface area contributed by atoms with Gasteiger partial charge in [-0.05, 0) is 17.7 Å². The summed E-state index contributed by atoms with van der Waals surface area (Å²) in [5.41, 5.74) is 2.99. The van der Waals surface area contributed by atoms with Gasteiger partial charge < -0.3 is 4.74 Å². The van der Waals surface area contributed by atoms with Crippen molar-refractivity contribution in [1.29, 1.82) is 0 Å². The zero-order chi connectivity index (χ0) is 17.5. The van der Waals surface area contributed by atoms with Gasteiger partial charge in [0.2, 0.25) is 0 Å².